The smallest absolute Gasteiger partial charge is 0.0512 e. The van der Waals surface area contributed by atoms with Gasteiger partial charge in [0, 0.05) is 0 Å². The third-order valence-electron chi connectivity index (χ3n) is 7.72. The van der Waals surface area contributed by atoms with E-state index in [1.807, 2.05) is 6.88 Å². The van der Waals surface area contributed by atoms with Crippen molar-refractivity contribution in [3.8, 4) is 0 Å². The minimum absolute atomic E-state index is 0. The van der Waals surface area contributed by atoms with E-state index in [1.165, 1.54) is 103 Å². The van der Waals surface area contributed by atoms with Crippen LogP contribution in [-0.2, 0) is 49.0 Å². The first-order chi connectivity index (χ1) is 21.1. The fraction of sp³-hybridized carbons (Fsp3) is 0.647. The zero-order valence-electron chi connectivity index (χ0n) is 27.7. The fourth-order valence-corrected chi connectivity index (χ4v) is 9.00. The molecule has 0 aromatic heterocycles. The van der Waals surface area contributed by atoms with Crippen molar-refractivity contribution in [2.75, 3.05) is 0 Å². The molecule has 0 N–H and O–H groups in total. The molecule has 0 heterocycles. The van der Waals surface area contributed by atoms with Gasteiger partial charge in [-0.3, -0.25) is 0 Å². The van der Waals surface area contributed by atoms with E-state index in [-0.39, 0.29) is 24.8 Å². The maximum Gasteiger partial charge on any atom is -0.0512 e. The average molecular weight is 926 g/mol. The Morgan fingerprint density at radius 2 is 0.848 bits per heavy atom. The molecule has 12 heteroatoms. The van der Waals surface area contributed by atoms with E-state index >= 15 is 0 Å². The van der Waals surface area contributed by atoms with E-state index in [1.54, 1.807) is 45.6 Å². The predicted octanol–water partition coefficient (Wildman–Crippen LogP) is 14.1. The van der Waals surface area contributed by atoms with Crippen molar-refractivity contribution in [3.63, 3.8) is 0 Å². The first-order valence-corrected chi connectivity index (χ1v) is 33.0. The van der Waals surface area contributed by atoms with Gasteiger partial charge in [0.05, 0.1) is 0 Å². The van der Waals surface area contributed by atoms with Gasteiger partial charge in [-0.15, -0.1) is 91.3 Å². The Kier molecular flexibility index (Phi) is 39.8. The third kappa shape index (κ3) is 32.5. The molecule has 4 rings (SSSR count). The van der Waals surface area contributed by atoms with E-state index in [0.717, 1.165) is 37.8 Å². The Labute approximate surface area is 342 Å². The van der Waals surface area contributed by atoms with Gasteiger partial charge in [-0.25, -0.2) is 12.1 Å². The van der Waals surface area contributed by atoms with Crippen LogP contribution in [0.1, 0.15) is 125 Å². The maximum atomic E-state index is 5.73. The second-order valence-electron chi connectivity index (χ2n) is 11.5. The molecule has 2 aliphatic carbocycles. The van der Waals surface area contributed by atoms with Gasteiger partial charge in [-0.05, 0) is 12.1 Å². The Bertz CT molecular complexity index is 800. The van der Waals surface area contributed by atoms with E-state index < -0.39 is 12.0 Å². The van der Waals surface area contributed by atoms with E-state index in [2.05, 4.69) is 50.2 Å². The minimum Gasteiger partial charge on any atom is -0.210 e. The summed E-state index contributed by atoms with van der Waals surface area (Å²) < 4.78 is 0. The number of rotatable bonds is 14. The zero-order valence-corrected chi connectivity index (χ0v) is 39.8. The number of aryl methyl sites for hydroxylation is 4. The molecule has 46 heavy (non-hydrogen) atoms. The van der Waals surface area contributed by atoms with Crippen LogP contribution in [-0.4, -0.2) is 18.9 Å². The molecular weight excluding hydrogens is 867 g/mol. The molecule has 2 aromatic carbocycles. The van der Waals surface area contributed by atoms with Crippen LogP contribution < -0.4 is 0 Å². The van der Waals surface area contributed by atoms with E-state index in [4.69, 9.17) is 66.5 Å². The summed E-state index contributed by atoms with van der Waals surface area (Å²) in [4.78, 5) is 0. The summed E-state index contributed by atoms with van der Waals surface area (Å²) in [5.74, 6) is 0. The van der Waals surface area contributed by atoms with Gasteiger partial charge < -0.3 is 13.8 Å². The fourth-order valence-electron chi connectivity index (χ4n) is 5.29. The molecule has 270 valence electrons. The standard InChI is InChI=1S/2C9H11.2C8H16Cl3Si.2ClH.H2Si.Zr/c2*1-2-5-9-7-3-6-8(9)4-1;2*1-2-3-4-5-6-7-8-12(9,10)11;;;;/h2*3,6-7H,1-2,4-5H2;2*1-8H2;2*1H;1H2;/q4*-1;;;;. The Morgan fingerprint density at radius 1 is 0.543 bits per heavy atom. The van der Waals surface area contributed by atoms with Crippen molar-refractivity contribution >= 4 is 110 Å². The second kappa shape index (κ2) is 34.6. The third-order valence-corrected chi connectivity index (χ3v) is 13.0. The molecular formula is C34H58Cl8Si3Zr-4. The number of hydrogen-bond donors (Lipinski definition) is 0. The minimum atomic E-state index is -2.32. The summed E-state index contributed by atoms with van der Waals surface area (Å²) in [7, 11) is 0. The second-order valence-corrected chi connectivity index (χ2v) is 30.1. The van der Waals surface area contributed by atoms with Crippen LogP contribution in [0.15, 0.2) is 36.4 Å². The first-order valence-electron chi connectivity index (χ1n) is 16.6. The summed E-state index contributed by atoms with van der Waals surface area (Å²) in [5, 5.41) is 0. The molecule has 0 spiro atoms. The van der Waals surface area contributed by atoms with Crippen LogP contribution in [0.5, 0.6) is 0 Å². The van der Waals surface area contributed by atoms with E-state index in [0.29, 0.717) is 0 Å². The van der Waals surface area contributed by atoms with Gasteiger partial charge in [0.15, 0.2) is 0 Å². The molecule has 0 saturated heterocycles. The van der Waals surface area contributed by atoms with Gasteiger partial charge in [-0.2, -0.15) is 59.4 Å². The van der Waals surface area contributed by atoms with Gasteiger partial charge >= 0.3 is 42.2 Å². The molecule has 2 aliphatic rings. The summed E-state index contributed by atoms with van der Waals surface area (Å²) >= 11 is 36.0. The number of fused-ring (bicyclic) bond motifs is 2. The van der Waals surface area contributed by atoms with Crippen molar-refractivity contribution < 1.29 is 23.3 Å². The average Bonchev–Trinajstić information content (AvgIpc) is 3.68. The van der Waals surface area contributed by atoms with Crippen molar-refractivity contribution in [3.05, 3.63) is 72.5 Å². The predicted molar refractivity (Wildman–Crippen MR) is 223 cm³/mol. The van der Waals surface area contributed by atoms with Gasteiger partial charge in [0.1, 0.15) is 0 Å². The molecule has 2 aromatic rings. The summed E-state index contributed by atoms with van der Waals surface area (Å²) in [6.45, 7) is 9.52. The molecule has 0 aliphatic heterocycles. The molecule has 0 amide bonds. The van der Waals surface area contributed by atoms with Crippen LogP contribution in [0.2, 0.25) is 12.1 Å². The first kappa shape index (κ1) is 52.9. The van der Waals surface area contributed by atoms with Gasteiger partial charge in [0.25, 0.3) is 0 Å². The molecule has 0 unspecified atom stereocenters. The quantitative estimate of drug-likeness (QED) is 0.0766. The molecule has 0 saturated carbocycles. The molecule has 0 radical (unpaired) electrons. The van der Waals surface area contributed by atoms with E-state index in [9.17, 15) is 0 Å². The Balaban J connectivity index is -0.000000520. The van der Waals surface area contributed by atoms with Crippen molar-refractivity contribution in [2.24, 2.45) is 0 Å². The van der Waals surface area contributed by atoms with Crippen LogP contribution in [0.25, 0.3) is 0 Å². The van der Waals surface area contributed by atoms with Crippen LogP contribution in [0.3, 0.4) is 0 Å². The topological polar surface area (TPSA) is 0 Å². The van der Waals surface area contributed by atoms with Crippen LogP contribution in [0.4, 0.5) is 0 Å². The number of hydrogen-bond acceptors (Lipinski definition) is 0. The van der Waals surface area contributed by atoms with Gasteiger partial charge in [0.2, 0.25) is 0 Å². The summed E-state index contributed by atoms with van der Waals surface area (Å²) in [6, 6.07) is 10.4. The normalized spacial score (nSPS) is 13.1. The Morgan fingerprint density at radius 3 is 1.15 bits per heavy atom. The molecule has 0 bridgehead atoms. The largest absolute Gasteiger partial charge is 0.210 e. The molecule has 0 fully saturated rings. The zero-order chi connectivity index (χ0) is 33.1. The van der Waals surface area contributed by atoms with Gasteiger partial charge in [-0.1, -0.05) is 116 Å². The monoisotopic (exact) mass is 920 g/mol. The molecule has 0 nitrogen and oxygen atoms in total. The maximum absolute atomic E-state index is 5.73. The SMILES string of the molecule is Cl.Cl.[CH2-]CCCCCCC[Si](Cl)(Cl)Cl.[CH2-]CCCCCCC[Si](Cl)(Cl)Cl.[SiH2]=[Zr].c1cc2c([cH-]1)CCCC2.c1cc2c([cH-]1)CCCC2. The van der Waals surface area contributed by atoms with Crippen molar-refractivity contribution in [2.45, 2.75) is 141 Å². The van der Waals surface area contributed by atoms with Crippen LogP contribution in [0, 0.1) is 13.8 Å². The molecule has 0 atom stereocenters. The Hall–Kier alpha value is 2.55. The number of unbranched alkanes of at least 4 members (excludes halogenated alkanes) is 10. The van der Waals surface area contributed by atoms with Crippen molar-refractivity contribution in [1.29, 1.82) is 0 Å². The summed E-state index contributed by atoms with van der Waals surface area (Å²) in [6.07, 6.45) is 25.0. The van der Waals surface area contributed by atoms with Crippen LogP contribution >= 0.6 is 91.3 Å². The number of halogens is 8. The summed E-state index contributed by atoms with van der Waals surface area (Å²) in [5.41, 5.74) is 6.39. The van der Waals surface area contributed by atoms with Crippen molar-refractivity contribution in [1.82, 2.24) is 0 Å².